The van der Waals surface area contributed by atoms with Crippen LogP contribution >= 0.6 is 11.3 Å². The number of fused-ring (bicyclic) bond motifs is 4. The van der Waals surface area contributed by atoms with Gasteiger partial charge in [0.1, 0.15) is 11.3 Å². The number of halogens is 1. The average Bonchev–Trinajstić information content (AvgIpc) is 3.35. The molecule has 0 saturated heterocycles. The minimum absolute atomic E-state index is 0.246. The van der Waals surface area contributed by atoms with Crippen LogP contribution in [0.15, 0.2) is 77.3 Å². The Hall–Kier alpha value is -3.50. The molecule has 3 aromatic heterocycles. The van der Waals surface area contributed by atoms with Crippen LogP contribution in [0.2, 0.25) is 0 Å². The number of aromatic nitrogens is 1. The molecule has 6 rings (SSSR count). The predicted octanol–water partition coefficient (Wildman–Crippen LogP) is 8.29. The molecule has 31 heavy (non-hydrogen) atoms. The van der Waals surface area contributed by atoms with Crippen molar-refractivity contribution in [2.45, 2.75) is 13.8 Å². The Labute approximate surface area is 182 Å². The average molecular weight is 424 g/mol. The molecule has 2 nitrogen and oxygen atoms in total. The van der Waals surface area contributed by atoms with Gasteiger partial charge in [-0.25, -0.2) is 4.39 Å². The van der Waals surface area contributed by atoms with Crippen LogP contribution in [0.25, 0.3) is 53.7 Å². The number of furan rings is 1. The lowest BCUT2D eigenvalue weighted by Gasteiger charge is -2.05. The minimum atomic E-state index is -0.246. The van der Waals surface area contributed by atoms with Gasteiger partial charge < -0.3 is 4.42 Å². The third-order valence-electron chi connectivity index (χ3n) is 5.68. The normalized spacial score (nSPS) is 11.7. The third-order valence-corrected chi connectivity index (χ3v) is 6.90. The van der Waals surface area contributed by atoms with Gasteiger partial charge in [0.25, 0.3) is 0 Å². The number of rotatable bonds is 2. The van der Waals surface area contributed by atoms with Gasteiger partial charge in [-0.2, -0.15) is 0 Å². The zero-order valence-corrected chi connectivity index (χ0v) is 17.9. The lowest BCUT2D eigenvalue weighted by atomic mass is 10.0. The van der Waals surface area contributed by atoms with Crippen molar-refractivity contribution >= 4 is 42.5 Å². The summed E-state index contributed by atoms with van der Waals surface area (Å²) in [6, 6.07) is 21.8. The maximum absolute atomic E-state index is 15.7. The van der Waals surface area contributed by atoms with E-state index in [9.17, 15) is 0 Å². The number of aryl methyl sites for hydroxylation is 2. The Kier molecular flexibility index (Phi) is 3.99. The molecule has 3 heterocycles. The first kappa shape index (κ1) is 18.3. The summed E-state index contributed by atoms with van der Waals surface area (Å²) < 4.78 is 23.3. The first-order valence-electron chi connectivity index (χ1n) is 10.2. The lowest BCUT2D eigenvalue weighted by molar-refractivity contribution is 0.608. The number of hydrogen-bond acceptors (Lipinski definition) is 3. The van der Waals surface area contributed by atoms with Crippen molar-refractivity contribution in [2.24, 2.45) is 0 Å². The summed E-state index contributed by atoms with van der Waals surface area (Å²) in [6.45, 7) is 4.17. The second-order valence-electron chi connectivity index (χ2n) is 7.97. The van der Waals surface area contributed by atoms with E-state index in [2.05, 4.69) is 37.0 Å². The van der Waals surface area contributed by atoms with Crippen LogP contribution in [-0.2, 0) is 0 Å². The second-order valence-corrected chi connectivity index (χ2v) is 8.99. The van der Waals surface area contributed by atoms with Crippen LogP contribution in [-0.4, -0.2) is 4.98 Å². The van der Waals surface area contributed by atoms with E-state index in [4.69, 9.17) is 4.42 Å². The largest absolute Gasteiger partial charge is 0.456 e. The van der Waals surface area contributed by atoms with Crippen LogP contribution < -0.4 is 0 Å². The molecule has 0 unspecified atom stereocenters. The summed E-state index contributed by atoms with van der Waals surface area (Å²) in [5, 5.41) is 2.90. The van der Waals surface area contributed by atoms with Gasteiger partial charge >= 0.3 is 0 Å². The fourth-order valence-electron chi connectivity index (χ4n) is 4.36. The Morgan fingerprint density at radius 1 is 0.839 bits per heavy atom. The lowest BCUT2D eigenvalue weighted by Crippen LogP contribution is -1.86. The maximum Gasteiger partial charge on any atom is 0.151 e. The molecule has 0 spiro atoms. The van der Waals surface area contributed by atoms with Gasteiger partial charge in [0, 0.05) is 27.9 Å². The molecular formula is C27H18FNOS. The smallest absolute Gasteiger partial charge is 0.151 e. The minimum Gasteiger partial charge on any atom is -0.456 e. The van der Waals surface area contributed by atoms with Crippen LogP contribution in [0, 0.1) is 19.7 Å². The van der Waals surface area contributed by atoms with Crippen molar-refractivity contribution < 1.29 is 8.81 Å². The van der Waals surface area contributed by atoms with Gasteiger partial charge in [0.05, 0.1) is 20.7 Å². The first-order chi connectivity index (χ1) is 15.1. The van der Waals surface area contributed by atoms with Gasteiger partial charge in [0.15, 0.2) is 5.82 Å². The Balaban J connectivity index is 1.60. The van der Waals surface area contributed by atoms with Crippen molar-refractivity contribution in [1.82, 2.24) is 4.98 Å². The van der Waals surface area contributed by atoms with E-state index in [1.807, 2.05) is 54.7 Å². The molecule has 0 bridgehead atoms. The summed E-state index contributed by atoms with van der Waals surface area (Å²) >= 11 is 1.46. The summed E-state index contributed by atoms with van der Waals surface area (Å²) in [4.78, 5) is 4.66. The molecule has 150 valence electrons. The van der Waals surface area contributed by atoms with E-state index >= 15 is 4.39 Å². The zero-order valence-electron chi connectivity index (χ0n) is 17.1. The number of hydrogen-bond donors (Lipinski definition) is 0. The van der Waals surface area contributed by atoms with Crippen LogP contribution in [0.1, 0.15) is 11.1 Å². The molecule has 4 heteroatoms. The molecule has 0 saturated carbocycles. The van der Waals surface area contributed by atoms with Gasteiger partial charge in [-0.15, -0.1) is 11.3 Å². The van der Waals surface area contributed by atoms with Gasteiger partial charge in [-0.3, -0.25) is 4.98 Å². The number of benzene rings is 3. The standard InChI is InChI=1S/C27H18FNOS/c1-15-11-16(2)13-18(12-15)25-27-20(9-10-29-25)19-7-8-21(24(28)26(19)31-27)23-14-17-5-3-4-6-22(17)30-23/h3-14H,1-2H3. The summed E-state index contributed by atoms with van der Waals surface area (Å²) in [5.41, 5.74) is 5.58. The van der Waals surface area contributed by atoms with Crippen molar-refractivity contribution in [1.29, 1.82) is 0 Å². The summed E-state index contributed by atoms with van der Waals surface area (Å²) in [7, 11) is 0. The molecule has 0 N–H and O–H groups in total. The van der Waals surface area contributed by atoms with E-state index in [1.165, 1.54) is 22.5 Å². The zero-order chi connectivity index (χ0) is 21.1. The van der Waals surface area contributed by atoms with E-state index in [0.717, 1.165) is 37.7 Å². The summed E-state index contributed by atoms with van der Waals surface area (Å²) in [6.07, 6.45) is 1.81. The molecule has 6 aromatic rings. The van der Waals surface area contributed by atoms with Gasteiger partial charge in [0.2, 0.25) is 0 Å². The highest BCUT2D eigenvalue weighted by Crippen LogP contribution is 2.42. The highest BCUT2D eigenvalue weighted by molar-refractivity contribution is 7.26. The monoisotopic (exact) mass is 423 g/mol. The number of thiophene rings is 1. The van der Waals surface area contributed by atoms with Crippen molar-refractivity contribution in [3.63, 3.8) is 0 Å². The number of pyridine rings is 1. The SMILES string of the molecule is Cc1cc(C)cc(-c2nccc3c2sc2c(F)c(-c4cc5ccccc5o4)ccc23)c1. The molecule has 0 atom stereocenters. The molecule has 0 aliphatic carbocycles. The van der Waals surface area contributed by atoms with Crippen LogP contribution in [0.4, 0.5) is 4.39 Å². The third kappa shape index (κ3) is 2.87. The Morgan fingerprint density at radius 2 is 1.61 bits per heavy atom. The molecular weight excluding hydrogens is 405 g/mol. The van der Waals surface area contributed by atoms with Crippen molar-refractivity contribution in [2.75, 3.05) is 0 Å². The summed E-state index contributed by atoms with van der Waals surface area (Å²) in [5.74, 6) is 0.301. The first-order valence-corrected chi connectivity index (χ1v) is 11.0. The maximum atomic E-state index is 15.7. The predicted molar refractivity (Wildman–Crippen MR) is 127 cm³/mol. The van der Waals surface area contributed by atoms with Crippen molar-refractivity contribution in [3.8, 4) is 22.6 Å². The molecule has 3 aromatic carbocycles. The Bertz CT molecular complexity index is 1570. The fraction of sp³-hybridized carbons (Fsp3) is 0.0741. The number of para-hydroxylation sites is 1. The van der Waals surface area contributed by atoms with E-state index in [1.54, 1.807) is 0 Å². The van der Waals surface area contributed by atoms with Gasteiger partial charge in [-0.1, -0.05) is 41.5 Å². The highest BCUT2D eigenvalue weighted by atomic mass is 32.1. The number of nitrogens with zero attached hydrogens (tertiary/aromatic N) is 1. The van der Waals surface area contributed by atoms with E-state index in [0.29, 0.717) is 16.0 Å². The second kappa shape index (κ2) is 6.76. The Morgan fingerprint density at radius 3 is 2.42 bits per heavy atom. The van der Waals surface area contributed by atoms with E-state index in [-0.39, 0.29) is 5.82 Å². The van der Waals surface area contributed by atoms with Crippen LogP contribution in [0.5, 0.6) is 0 Å². The molecule has 0 aliphatic heterocycles. The quantitative estimate of drug-likeness (QED) is 0.280. The van der Waals surface area contributed by atoms with Crippen molar-refractivity contribution in [3.05, 3.63) is 89.9 Å². The van der Waals surface area contributed by atoms with Gasteiger partial charge in [-0.05, 0) is 50.2 Å². The molecule has 0 amide bonds. The molecule has 0 fully saturated rings. The fourth-order valence-corrected chi connectivity index (χ4v) is 5.60. The topological polar surface area (TPSA) is 26.0 Å². The van der Waals surface area contributed by atoms with E-state index < -0.39 is 0 Å². The molecule has 0 aliphatic rings. The van der Waals surface area contributed by atoms with Crippen LogP contribution in [0.3, 0.4) is 0 Å². The molecule has 0 radical (unpaired) electrons. The highest BCUT2D eigenvalue weighted by Gasteiger charge is 2.19.